The van der Waals surface area contributed by atoms with Crippen LogP contribution in [0.4, 0.5) is 5.69 Å². The number of hydrogen-bond acceptors (Lipinski definition) is 6. The SMILES string of the molecule is COc1ccc(-c2cc(CN)on2)cc1[N+](=O)[O-]. The molecular formula is C11H11N3O4. The highest BCUT2D eigenvalue weighted by Gasteiger charge is 2.17. The Balaban J connectivity index is 2.46. The number of aromatic nitrogens is 1. The molecule has 94 valence electrons. The number of methoxy groups -OCH3 is 1. The van der Waals surface area contributed by atoms with Gasteiger partial charge >= 0.3 is 5.69 Å². The van der Waals surface area contributed by atoms with Gasteiger partial charge in [0.25, 0.3) is 0 Å². The molecule has 0 aliphatic carbocycles. The van der Waals surface area contributed by atoms with E-state index < -0.39 is 4.92 Å². The number of nitrogens with two attached hydrogens (primary N) is 1. The molecule has 2 aromatic rings. The lowest BCUT2D eigenvalue weighted by molar-refractivity contribution is -0.385. The van der Waals surface area contributed by atoms with Crippen LogP contribution in [0.3, 0.4) is 0 Å². The summed E-state index contributed by atoms with van der Waals surface area (Å²) in [7, 11) is 1.38. The molecule has 2 rings (SSSR count). The Bertz CT molecular complexity index is 579. The Hall–Kier alpha value is -2.41. The lowest BCUT2D eigenvalue weighted by Gasteiger charge is -2.02. The molecule has 1 aromatic carbocycles. The Morgan fingerprint density at radius 3 is 2.83 bits per heavy atom. The number of nitro benzene ring substituents is 1. The minimum absolute atomic E-state index is 0.118. The molecule has 0 aliphatic heterocycles. The monoisotopic (exact) mass is 249 g/mol. The van der Waals surface area contributed by atoms with E-state index in [-0.39, 0.29) is 18.0 Å². The van der Waals surface area contributed by atoms with Crippen molar-refractivity contribution >= 4 is 5.69 Å². The lowest BCUT2D eigenvalue weighted by atomic mass is 10.1. The first kappa shape index (κ1) is 12.1. The van der Waals surface area contributed by atoms with Gasteiger partial charge in [0.05, 0.1) is 18.6 Å². The van der Waals surface area contributed by atoms with Gasteiger partial charge in [0.15, 0.2) is 11.5 Å². The fraction of sp³-hybridized carbons (Fsp3) is 0.182. The van der Waals surface area contributed by atoms with Crippen molar-refractivity contribution in [3.8, 4) is 17.0 Å². The molecule has 2 N–H and O–H groups in total. The average Bonchev–Trinajstić information content (AvgIpc) is 2.86. The van der Waals surface area contributed by atoms with Crippen LogP contribution < -0.4 is 10.5 Å². The fourth-order valence-corrected chi connectivity index (χ4v) is 1.54. The molecule has 0 radical (unpaired) electrons. The van der Waals surface area contributed by atoms with Gasteiger partial charge in [-0.05, 0) is 12.1 Å². The molecule has 0 saturated carbocycles. The molecule has 0 saturated heterocycles. The largest absolute Gasteiger partial charge is 0.490 e. The van der Waals surface area contributed by atoms with Crippen molar-refractivity contribution in [2.24, 2.45) is 5.73 Å². The van der Waals surface area contributed by atoms with Gasteiger partial charge in [-0.25, -0.2) is 0 Å². The fourth-order valence-electron chi connectivity index (χ4n) is 1.54. The summed E-state index contributed by atoms with van der Waals surface area (Å²) in [6, 6.07) is 6.22. The Morgan fingerprint density at radius 1 is 1.50 bits per heavy atom. The van der Waals surface area contributed by atoms with E-state index >= 15 is 0 Å². The second-order valence-electron chi connectivity index (χ2n) is 3.53. The molecule has 0 unspecified atom stereocenters. The van der Waals surface area contributed by atoms with Crippen LogP contribution in [0, 0.1) is 10.1 Å². The smallest absolute Gasteiger partial charge is 0.311 e. The number of rotatable bonds is 4. The first-order valence-corrected chi connectivity index (χ1v) is 5.14. The summed E-state index contributed by atoms with van der Waals surface area (Å²) in [5, 5.41) is 14.7. The highest BCUT2D eigenvalue weighted by Crippen LogP contribution is 2.31. The van der Waals surface area contributed by atoms with Gasteiger partial charge in [-0.15, -0.1) is 0 Å². The standard InChI is InChI=1S/C11H11N3O4/c1-17-11-3-2-7(4-10(11)14(15)16)9-5-8(6-12)18-13-9/h2-5H,6,12H2,1H3. The van der Waals surface area contributed by atoms with E-state index in [9.17, 15) is 10.1 Å². The van der Waals surface area contributed by atoms with E-state index in [4.69, 9.17) is 15.0 Å². The van der Waals surface area contributed by atoms with E-state index in [1.807, 2.05) is 0 Å². The van der Waals surface area contributed by atoms with Crippen molar-refractivity contribution in [2.45, 2.75) is 6.54 Å². The molecule has 7 nitrogen and oxygen atoms in total. The molecule has 0 spiro atoms. The molecule has 7 heteroatoms. The zero-order chi connectivity index (χ0) is 13.1. The second kappa shape index (κ2) is 4.84. The van der Waals surface area contributed by atoms with Gasteiger partial charge in [-0.1, -0.05) is 5.16 Å². The van der Waals surface area contributed by atoms with Crippen LogP contribution in [0.25, 0.3) is 11.3 Å². The van der Waals surface area contributed by atoms with E-state index in [1.165, 1.54) is 19.2 Å². The summed E-state index contributed by atoms with van der Waals surface area (Å²) in [5.74, 6) is 0.717. The van der Waals surface area contributed by atoms with Crippen LogP contribution in [0.2, 0.25) is 0 Å². The highest BCUT2D eigenvalue weighted by atomic mass is 16.6. The molecule has 0 aliphatic rings. The van der Waals surface area contributed by atoms with Gasteiger partial charge in [0.2, 0.25) is 0 Å². The Kier molecular flexibility index (Phi) is 3.24. The summed E-state index contributed by atoms with van der Waals surface area (Å²) < 4.78 is 9.87. The molecular weight excluding hydrogens is 238 g/mol. The maximum absolute atomic E-state index is 10.9. The van der Waals surface area contributed by atoms with Gasteiger partial charge in [-0.2, -0.15) is 0 Å². The maximum atomic E-state index is 10.9. The minimum Gasteiger partial charge on any atom is -0.490 e. The average molecular weight is 249 g/mol. The number of nitro groups is 1. The first-order valence-electron chi connectivity index (χ1n) is 5.14. The molecule has 0 bridgehead atoms. The molecule has 1 aromatic heterocycles. The predicted octanol–water partition coefficient (Wildman–Crippen LogP) is 1.72. The van der Waals surface area contributed by atoms with E-state index in [0.29, 0.717) is 17.0 Å². The molecule has 1 heterocycles. The van der Waals surface area contributed by atoms with E-state index in [0.717, 1.165) is 0 Å². The Morgan fingerprint density at radius 2 is 2.28 bits per heavy atom. The van der Waals surface area contributed by atoms with E-state index in [2.05, 4.69) is 5.16 Å². The highest BCUT2D eigenvalue weighted by molar-refractivity contribution is 5.65. The molecule has 0 fully saturated rings. The summed E-state index contributed by atoms with van der Waals surface area (Å²) in [5.41, 5.74) is 6.36. The summed E-state index contributed by atoms with van der Waals surface area (Å²) in [6.45, 7) is 0.227. The Labute approximate surface area is 102 Å². The number of benzene rings is 1. The van der Waals surface area contributed by atoms with Crippen molar-refractivity contribution in [3.05, 3.63) is 40.1 Å². The topological polar surface area (TPSA) is 104 Å². The molecule has 0 amide bonds. The van der Waals surface area contributed by atoms with Crippen LogP contribution in [0.1, 0.15) is 5.76 Å². The van der Waals surface area contributed by atoms with Gasteiger partial charge < -0.3 is 15.0 Å². The normalized spacial score (nSPS) is 10.3. The van der Waals surface area contributed by atoms with Crippen molar-refractivity contribution in [1.29, 1.82) is 0 Å². The molecule has 18 heavy (non-hydrogen) atoms. The van der Waals surface area contributed by atoms with Crippen molar-refractivity contribution < 1.29 is 14.2 Å². The first-order chi connectivity index (χ1) is 8.65. The second-order valence-corrected chi connectivity index (χ2v) is 3.53. The maximum Gasteiger partial charge on any atom is 0.311 e. The van der Waals surface area contributed by atoms with Crippen LogP contribution >= 0.6 is 0 Å². The van der Waals surface area contributed by atoms with Gasteiger partial charge in [0, 0.05) is 17.7 Å². The van der Waals surface area contributed by atoms with Crippen LogP contribution in [-0.2, 0) is 6.54 Å². The van der Waals surface area contributed by atoms with Crippen molar-refractivity contribution in [2.75, 3.05) is 7.11 Å². The van der Waals surface area contributed by atoms with Crippen LogP contribution in [0.15, 0.2) is 28.8 Å². The zero-order valence-electron chi connectivity index (χ0n) is 9.62. The van der Waals surface area contributed by atoms with Gasteiger partial charge in [0.1, 0.15) is 5.69 Å². The van der Waals surface area contributed by atoms with Crippen LogP contribution in [-0.4, -0.2) is 17.2 Å². The molecule has 0 atom stereocenters. The van der Waals surface area contributed by atoms with Gasteiger partial charge in [-0.3, -0.25) is 10.1 Å². The van der Waals surface area contributed by atoms with Crippen molar-refractivity contribution in [3.63, 3.8) is 0 Å². The summed E-state index contributed by atoms with van der Waals surface area (Å²) in [4.78, 5) is 10.4. The third kappa shape index (κ3) is 2.16. The number of ether oxygens (including phenoxy) is 1. The van der Waals surface area contributed by atoms with Crippen LogP contribution in [0.5, 0.6) is 5.75 Å². The third-order valence-corrected chi connectivity index (χ3v) is 2.43. The number of hydrogen-bond donors (Lipinski definition) is 1. The quantitative estimate of drug-likeness (QED) is 0.653. The number of nitrogens with zero attached hydrogens (tertiary/aromatic N) is 2. The summed E-state index contributed by atoms with van der Waals surface area (Å²) in [6.07, 6.45) is 0. The summed E-state index contributed by atoms with van der Waals surface area (Å²) >= 11 is 0. The van der Waals surface area contributed by atoms with E-state index in [1.54, 1.807) is 12.1 Å². The third-order valence-electron chi connectivity index (χ3n) is 2.43. The lowest BCUT2D eigenvalue weighted by Crippen LogP contribution is -1.94. The van der Waals surface area contributed by atoms with Crippen molar-refractivity contribution in [1.82, 2.24) is 5.16 Å². The minimum atomic E-state index is -0.508. The zero-order valence-corrected chi connectivity index (χ0v) is 9.62. The predicted molar refractivity (Wildman–Crippen MR) is 63.0 cm³/mol.